The Labute approximate surface area is 103 Å². The lowest BCUT2D eigenvalue weighted by molar-refractivity contribution is -0.122. The van der Waals surface area contributed by atoms with Crippen molar-refractivity contribution in [3.63, 3.8) is 0 Å². The molecule has 0 fully saturated rings. The van der Waals surface area contributed by atoms with Gasteiger partial charge < -0.3 is 11.1 Å². The molecule has 1 amide bonds. The van der Waals surface area contributed by atoms with E-state index in [0.717, 1.165) is 31.4 Å². The maximum Gasteiger partial charge on any atom is 0.243 e. The van der Waals surface area contributed by atoms with Crippen LogP contribution in [0, 0.1) is 0 Å². The van der Waals surface area contributed by atoms with Gasteiger partial charge >= 0.3 is 0 Å². The van der Waals surface area contributed by atoms with Crippen LogP contribution in [0.3, 0.4) is 0 Å². The molecule has 0 atom stereocenters. The molecule has 17 heavy (non-hydrogen) atoms. The molecule has 1 aromatic carbocycles. The van der Waals surface area contributed by atoms with Crippen LogP contribution < -0.4 is 11.1 Å². The molecular formula is C14H22N2O. The molecule has 3 heteroatoms. The highest BCUT2D eigenvalue weighted by Gasteiger charge is 2.34. The van der Waals surface area contributed by atoms with Crippen LogP contribution in [0.25, 0.3) is 0 Å². The minimum Gasteiger partial charge on any atom is -0.371 e. The lowest BCUT2D eigenvalue weighted by atomic mass is 9.87. The van der Waals surface area contributed by atoms with E-state index in [1.807, 2.05) is 30.3 Å². The molecule has 0 radical (unpaired) electrons. The van der Waals surface area contributed by atoms with Gasteiger partial charge in [-0.2, -0.15) is 0 Å². The summed E-state index contributed by atoms with van der Waals surface area (Å²) < 4.78 is 0. The zero-order valence-corrected chi connectivity index (χ0v) is 10.7. The first kappa shape index (κ1) is 13.6. The minimum absolute atomic E-state index is 0.259. The minimum atomic E-state index is -0.606. The van der Waals surface area contributed by atoms with Gasteiger partial charge in [-0.15, -0.1) is 0 Å². The van der Waals surface area contributed by atoms with Crippen molar-refractivity contribution in [3.8, 4) is 0 Å². The number of amides is 1. The fourth-order valence-electron chi connectivity index (χ4n) is 2.21. The van der Waals surface area contributed by atoms with E-state index < -0.39 is 5.54 Å². The van der Waals surface area contributed by atoms with Crippen molar-refractivity contribution in [2.75, 3.05) is 5.32 Å². The Kier molecular flexibility index (Phi) is 5.01. The number of nitrogens with two attached hydrogens (primary N) is 1. The zero-order valence-electron chi connectivity index (χ0n) is 10.7. The van der Waals surface area contributed by atoms with Crippen LogP contribution in [0.2, 0.25) is 0 Å². The molecule has 1 rings (SSSR count). The van der Waals surface area contributed by atoms with Gasteiger partial charge in [0, 0.05) is 5.69 Å². The van der Waals surface area contributed by atoms with Crippen LogP contribution in [0.4, 0.5) is 5.69 Å². The van der Waals surface area contributed by atoms with E-state index in [-0.39, 0.29) is 5.91 Å². The molecule has 0 spiro atoms. The van der Waals surface area contributed by atoms with Crippen LogP contribution in [0.1, 0.15) is 39.5 Å². The van der Waals surface area contributed by atoms with Crippen molar-refractivity contribution in [1.82, 2.24) is 0 Å². The summed E-state index contributed by atoms with van der Waals surface area (Å²) in [5.41, 5.74) is 5.94. The van der Waals surface area contributed by atoms with Crippen molar-refractivity contribution < 1.29 is 4.79 Å². The standard InChI is InChI=1S/C14H22N2O/c1-3-10-14(11-4-2,13(15)17)16-12-8-6-5-7-9-12/h5-9,16H,3-4,10-11H2,1-2H3,(H2,15,17). The molecule has 0 aliphatic carbocycles. The number of anilines is 1. The van der Waals surface area contributed by atoms with Gasteiger partial charge in [0.1, 0.15) is 5.54 Å². The third-order valence-electron chi connectivity index (χ3n) is 2.98. The second kappa shape index (κ2) is 6.28. The summed E-state index contributed by atoms with van der Waals surface area (Å²) >= 11 is 0. The van der Waals surface area contributed by atoms with E-state index >= 15 is 0 Å². The summed E-state index contributed by atoms with van der Waals surface area (Å²) in [6.07, 6.45) is 3.40. The highest BCUT2D eigenvalue weighted by Crippen LogP contribution is 2.25. The molecule has 1 aromatic rings. The molecule has 3 nitrogen and oxygen atoms in total. The summed E-state index contributed by atoms with van der Waals surface area (Å²) in [7, 11) is 0. The van der Waals surface area contributed by atoms with E-state index in [2.05, 4.69) is 19.2 Å². The van der Waals surface area contributed by atoms with E-state index in [1.54, 1.807) is 0 Å². The number of benzene rings is 1. The number of hydrogen-bond donors (Lipinski definition) is 2. The van der Waals surface area contributed by atoms with Gasteiger partial charge in [0.25, 0.3) is 0 Å². The Hall–Kier alpha value is -1.51. The first-order chi connectivity index (χ1) is 8.14. The van der Waals surface area contributed by atoms with E-state index in [9.17, 15) is 4.79 Å². The van der Waals surface area contributed by atoms with Crippen LogP contribution in [-0.2, 0) is 4.79 Å². The normalized spacial score (nSPS) is 11.2. The molecule has 94 valence electrons. The predicted molar refractivity (Wildman–Crippen MR) is 71.8 cm³/mol. The smallest absolute Gasteiger partial charge is 0.243 e. The quantitative estimate of drug-likeness (QED) is 0.762. The topological polar surface area (TPSA) is 55.1 Å². The third-order valence-corrected chi connectivity index (χ3v) is 2.98. The van der Waals surface area contributed by atoms with Gasteiger partial charge in [0.05, 0.1) is 0 Å². The summed E-state index contributed by atoms with van der Waals surface area (Å²) in [4.78, 5) is 11.8. The maximum atomic E-state index is 11.8. The number of nitrogens with one attached hydrogen (secondary N) is 1. The molecule has 0 unspecified atom stereocenters. The molecule has 3 N–H and O–H groups in total. The lowest BCUT2D eigenvalue weighted by Crippen LogP contribution is -2.50. The molecule has 0 aliphatic heterocycles. The summed E-state index contributed by atoms with van der Waals surface area (Å²) in [6, 6.07) is 9.78. The monoisotopic (exact) mass is 234 g/mol. The second-order valence-corrected chi connectivity index (χ2v) is 4.44. The molecule has 0 aliphatic rings. The van der Waals surface area contributed by atoms with Crippen LogP contribution in [0.5, 0.6) is 0 Å². The fourth-order valence-corrected chi connectivity index (χ4v) is 2.21. The van der Waals surface area contributed by atoms with Crippen molar-refractivity contribution in [2.24, 2.45) is 5.73 Å². The fraction of sp³-hybridized carbons (Fsp3) is 0.500. The molecule has 0 bridgehead atoms. The summed E-state index contributed by atoms with van der Waals surface area (Å²) in [5, 5.41) is 3.32. The number of carbonyl (C=O) groups excluding carboxylic acids is 1. The molecular weight excluding hydrogens is 212 g/mol. The molecule has 0 aromatic heterocycles. The Balaban J connectivity index is 2.92. The Bertz CT molecular complexity index is 342. The van der Waals surface area contributed by atoms with Crippen molar-refractivity contribution >= 4 is 11.6 Å². The van der Waals surface area contributed by atoms with E-state index in [4.69, 9.17) is 5.73 Å². The first-order valence-corrected chi connectivity index (χ1v) is 6.27. The Morgan fingerprint density at radius 1 is 1.18 bits per heavy atom. The van der Waals surface area contributed by atoms with Gasteiger partial charge in [-0.25, -0.2) is 0 Å². The number of hydrogen-bond acceptors (Lipinski definition) is 2. The summed E-state index contributed by atoms with van der Waals surface area (Å²) in [6.45, 7) is 4.14. The average molecular weight is 234 g/mol. The van der Waals surface area contributed by atoms with Crippen molar-refractivity contribution in [2.45, 2.75) is 45.1 Å². The first-order valence-electron chi connectivity index (χ1n) is 6.27. The van der Waals surface area contributed by atoms with Crippen molar-refractivity contribution in [1.29, 1.82) is 0 Å². The predicted octanol–water partition coefficient (Wildman–Crippen LogP) is 2.92. The average Bonchev–Trinajstić information content (AvgIpc) is 2.30. The highest BCUT2D eigenvalue weighted by atomic mass is 16.1. The number of para-hydroxylation sites is 1. The zero-order chi connectivity index (χ0) is 12.7. The summed E-state index contributed by atoms with van der Waals surface area (Å²) in [5.74, 6) is -0.259. The number of rotatable bonds is 7. The van der Waals surface area contributed by atoms with Crippen LogP contribution in [0.15, 0.2) is 30.3 Å². The maximum absolute atomic E-state index is 11.8. The van der Waals surface area contributed by atoms with Gasteiger partial charge in [0.2, 0.25) is 5.91 Å². The van der Waals surface area contributed by atoms with Gasteiger partial charge in [-0.1, -0.05) is 44.9 Å². The van der Waals surface area contributed by atoms with Crippen LogP contribution >= 0.6 is 0 Å². The van der Waals surface area contributed by atoms with Crippen LogP contribution in [-0.4, -0.2) is 11.4 Å². The van der Waals surface area contributed by atoms with E-state index in [0.29, 0.717) is 0 Å². The SMILES string of the molecule is CCCC(CCC)(Nc1ccccc1)C(N)=O. The van der Waals surface area contributed by atoms with E-state index in [1.165, 1.54) is 0 Å². The molecule has 0 saturated carbocycles. The Morgan fingerprint density at radius 3 is 2.12 bits per heavy atom. The Morgan fingerprint density at radius 2 is 1.71 bits per heavy atom. The second-order valence-electron chi connectivity index (χ2n) is 4.44. The van der Waals surface area contributed by atoms with Gasteiger partial charge in [-0.3, -0.25) is 4.79 Å². The number of primary amides is 1. The van der Waals surface area contributed by atoms with Crippen molar-refractivity contribution in [3.05, 3.63) is 30.3 Å². The van der Waals surface area contributed by atoms with Gasteiger partial charge in [-0.05, 0) is 25.0 Å². The van der Waals surface area contributed by atoms with Gasteiger partial charge in [0.15, 0.2) is 0 Å². The third kappa shape index (κ3) is 3.48. The molecule has 0 heterocycles. The molecule has 0 saturated heterocycles. The highest BCUT2D eigenvalue weighted by molar-refractivity contribution is 5.87. The lowest BCUT2D eigenvalue weighted by Gasteiger charge is -2.32. The number of carbonyl (C=O) groups is 1. The largest absolute Gasteiger partial charge is 0.371 e.